The van der Waals surface area contributed by atoms with Gasteiger partial charge in [-0.05, 0) is 91.4 Å². The van der Waals surface area contributed by atoms with Gasteiger partial charge in [-0.25, -0.2) is 13.6 Å². The van der Waals surface area contributed by atoms with E-state index in [0.29, 0.717) is 28.5 Å². The van der Waals surface area contributed by atoms with Crippen molar-refractivity contribution < 1.29 is 22.7 Å². The number of methoxy groups -OCH3 is 1. The van der Waals surface area contributed by atoms with Crippen LogP contribution in [0.1, 0.15) is 26.3 Å². The molecule has 8 nitrogen and oxygen atoms in total. The van der Waals surface area contributed by atoms with Gasteiger partial charge in [0, 0.05) is 0 Å². The molecule has 1 amide bonds. The standard InChI is InChI=1S/C21H22IN3O5S/c1-12(2)30-20-18(22)10-14(11-19(20)29-4)9-17-13(3)24-25(21(17)26)15-5-7-16(8-6-15)31(23,27)28/h5-12H,1-4H3,(H2,23,27,28)/b17-9-. The van der Waals surface area contributed by atoms with Crippen LogP contribution in [0.4, 0.5) is 5.69 Å². The van der Waals surface area contributed by atoms with Gasteiger partial charge in [0.2, 0.25) is 10.0 Å². The quantitative estimate of drug-likeness (QED) is 0.433. The number of nitrogens with zero attached hydrogens (tertiary/aromatic N) is 2. The zero-order valence-corrected chi connectivity index (χ0v) is 20.4. The van der Waals surface area contributed by atoms with Crippen molar-refractivity contribution in [1.82, 2.24) is 0 Å². The van der Waals surface area contributed by atoms with Crippen LogP contribution in [0.3, 0.4) is 0 Å². The van der Waals surface area contributed by atoms with E-state index in [2.05, 4.69) is 27.7 Å². The molecule has 0 atom stereocenters. The summed E-state index contributed by atoms with van der Waals surface area (Å²) in [5.74, 6) is 0.903. The molecular formula is C21H22IN3O5S. The lowest BCUT2D eigenvalue weighted by Crippen LogP contribution is -2.21. The first-order valence-corrected chi connectivity index (χ1v) is 11.9. The van der Waals surface area contributed by atoms with Gasteiger partial charge in [-0.3, -0.25) is 4.79 Å². The minimum atomic E-state index is -3.81. The van der Waals surface area contributed by atoms with Crippen molar-refractivity contribution in [3.8, 4) is 11.5 Å². The first kappa shape index (κ1) is 23.2. The highest BCUT2D eigenvalue weighted by atomic mass is 127. The number of anilines is 1. The number of hydrogen-bond acceptors (Lipinski definition) is 6. The summed E-state index contributed by atoms with van der Waals surface area (Å²) in [4.78, 5) is 13.0. The Bertz CT molecular complexity index is 1190. The zero-order valence-electron chi connectivity index (χ0n) is 17.4. The van der Waals surface area contributed by atoms with Crippen LogP contribution in [0.15, 0.2) is 52.0 Å². The normalized spacial score (nSPS) is 15.6. The predicted molar refractivity (Wildman–Crippen MR) is 128 cm³/mol. The molecule has 164 valence electrons. The Morgan fingerprint density at radius 2 is 1.84 bits per heavy atom. The fourth-order valence-electron chi connectivity index (χ4n) is 2.98. The number of benzene rings is 2. The summed E-state index contributed by atoms with van der Waals surface area (Å²) in [6.07, 6.45) is 1.73. The molecule has 2 aromatic carbocycles. The van der Waals surface area contributed by atoms with Crippen LogP contribution in [0, 0.1) is 3.57 Å². The third-order valence-electron chi connectivity index (χ3n) is 4.39. The number of ether oxygens (including phenoxy) is 2. The molecular weight excluding hydrogens is 533 g/mol. The minimum absolute atomic E-state index is 0.00777. The van der Waals surface area contributed by atoms with Gasteiger partial charge in [0.05, 0.1) is 38.7 Å². The van der Waals surface area contributed by atoms with Gasteiger partial charge in [0.25, 0.3) is 5.91 Å². The third kappa shape index (κ3) is 5.08. The molecule has 2 N–H and O–H groups in total. The van der Waals surface area contributed by atoms with Crippen LogP contribution >= 0.6 is 22.6 Å². The largest absolute Gasteiger partial charge is 0.493 e. The molecule has 3 rings (SSSR count). The molecule has 10 heteroatoms. The number of hydrogen-bond donors (Lipinski definition) is 1. The van der Waals surface area contributed by atoms with Crippen LogP contribution < -0.4 is 19.6 Å². The second kappa shape index (κ2) is 8.97. The van der Waals surface area contributed by atoms with Gasteiger partial charge in [-0.15, -0.1) is 0 Å². The molecule has 0 saturated carbocycles. The highest BCUT2D eigenvalue weighted by molar-refractivity contribution is 14.1. The Morgan fingerprint density at radius 1 is 1.19 bits per heavy atom. The maximum absolute atomic E-state index is 13.0. The van der Waals surface area contributed by atoms with Crippen molar-refractivity contribution in [2.75, 3.05) is 12.1 Å². The average Bonchev–Trinajstić information content (AvgIpc) is 2.97. The van der Waals surface area contributed by atoms with Crippen LogP contribution in [0.2, 0.25) is 0 Å². The van der Waals surface area contributed by atoms with E-state index in [1.54, 1.807) is 26.2 Å². The fourth-order valence-corrected chi connectivity index (χ4v) is 4.24. The first-order chi connectivity index (χ1) is 14.5. The number of sulfonamides is 1. The second-order valence-corrected chi connectivity index (χ2v) is 9.82. The van der Waals surface area contributed by atoms with Crippen molar-refractivity contribution in [3.63, 3.8) is 0 Å². The fraction of sp³-hybridized carbons (Fsp3) is 0.238. The first-order valence-electron chi connectivity index (χ1n) is 9.30. The van der Waals surface area contributed by atoms with Crippen molar-refractivity contribution >= 4 is 56.0 Å². The number of halogens is 1. The van der Waals surface area contributed by atoms with E-state index < -0.39 is 10.0 Å². The number of nitrogens with two attached hydrogens (primary N) is 1. The molecule has 0 fully saturated rings. The van der Waals surface area contributed by atoms with Gasteiger partial charge in [0.15, 0.2) is 11.5 Å². The lowest BCUT2D eigenvalue weighted by atomic mass is 10.1. The predicted octanol–water partition coefficient (Wildman–Crippen LogP) is 3.54. The number of amides is 1. The maximum atomic E-state index is 13.0. The Balaban J connectivity index is 1.94. The molecule has 1 aliphatic rings. The van der Waals surface area contributed by atoms with E-state index in [9.17, 15) is 13.2 Å². The van der Waals surface area contributed by atoms with Crippen LogP contribution in [-0.4, -0.2) is 33.3 Å². The summed E-state index contributed by atoms with van der Waals surface area (Å²) < 4.78 is 35.0. The van der Waals surface area contributed by atoms with Crippen LogP contribution in [0.25, 0.3) is 6.08 Å². The number of hydrazone groups is 1. The van der Waals surface area contributed by atoms with Gasteiger partial charge in [0.1, 0.15) is 0 Å². The molecule has 0 aliphatic carbocycles. The summed E-state index contributed by atoms with van der Waals surface area (Å²) in [7, 11) is -2.25. The van der Waals surface area contributed by atoms with E-state index in [0.717, 1.165) is 9.13 Å². The van der Waals surface area contributed by atoms with E-state index in [1.807, 2.05) is 19.9 Å². The molecule has 0 saturated heterocycles. The maximum Gasteiger partial charge on any atom is 0.280 e. The molecule has 0 radical (unpaired) electrons. The van der Waals surface area contributed by atoms with E-state index in [4.69, 9.17) is 14.6 Å². The third-order valence-corrected chi connectivity index (χ3v) is 6.12. The molecule has 31 heavy (non-hydrogen) atoms. The Morgan fingerprint density at radius 3 is 2.39 bits per heavy atom. The summed E-state index contributed by atoms with van der Waals surface area (Å²) in [5, 5.41) is 10.7. The second-order valence-electron chi connectivity index (χ2n) is 7.10. The molecule has 2 aromatic rings. The molecule has 0 bridgehead atoms. The van der Waals surface area contributed by atoms with Crippen LogP contribution in [0.5, 0.6) is 11.5 Å². The van der Waals surface area contributed by atoms with Gasteiger partial charge in [-0.1, -0.05) is 0 Å². The van der Waals surface area contributed by atoms with Gasteiger partial charge < -0.3 is 9.47 Å². The highest BCUT2D eigenvalue weighted by Gasteiger charge is 2.29. The van der Waals surface area contributed by atoms with Crippen molar-refractivity contribution in [3.05, 3.63) is 51.1 Å². The number of carbonyl (C=O) groups is 1. The average molecular weight is 555 g/mol. The van der Waals surface area contributed by atoms with Crippen molar-refractivity contribution in [2.24, 2.45) is 10.2 Å². The lowest BCUT2D eigenvalue weighted by Gasteiger charge is -2.16. The van der Waals surface area contributed by atoms with Gasteiger partial charge in [-0.2, -0.15) is 10.1 Å². The Labute approximate surface area is 194 Å². The smallest absolute Gasteiger partial charge is 0.280 e. The highest BCUT2D eigenvalue weighted by Crippen LogP contribution is 2.36. The SMILES string of the molecule is COc1cc(/C=C2\C(=O)N(c3ccc(S(N)(=O)=O)cc3)N=C2C)cc(I)c1OC(C)C. The minimum Gasteiger partial charge on any atom is -0.493 e. The van der Waals surface area contributed by atoms with E-state index >= 15 is 0 Å². The lowest BCUT2D eigenvalue weighted by molar-refractivity contribution is -0.114. The molecule has 0 aromatic heterocycles. The van der Waals surface area contributed by atoms with Crippen molar-refractivity contribution in [1.29, 1.82) is 0 Å². The van der Waals surface area contributed by atoms with Crippen molar-refractivity contribution in [2.45, 2.75) is 31.8 Å². The number of primary sulfonamides is 1. The molecule has 1 aliphatic heterocycles. The number of carbonyl (C=O) groups excluding carboxylic acids is 1. The molecule has 0 spiro atoms. The van der Waals surface area contributed by atoms with E-state index in [1.165, 1.54) is 29.3 Å². The zero-order chi connectivity index (χ0) is 22.9. The summed E-state index contributed by atoms with van der Waals surface area (Å²) in [6.45, 7) is 5.61. The summed E-state index contributed by atoms with van der Waals surface area (Å²) in [5.41, 5.74) is 2.16. The van der Waals surface area contributed by atoms with Crippen LogP contribution in [-0.2, 0) is 14.8 Å². The molecule has 0 unspecified atom stereocenters. The van der Waals surface area contributed by atoms with Gasteiger partial charge >= 0.3 is 0 Å². The summed E-state index contributed by atoms with van der Waals surface area (Å²) >= 11 is 2.17. The summed E-state index contributed by atoms with van der Waals surface area (Å²) in [6, 6.07) is 9.36. The van der Waals surface area contributed by atoms with E-state index in [-0.39, 0.29) is 16.9 Å². The Hall–Kier alpha value is -2.44. The monoisotopic (exact) mass is 555 g/mol. The molecule has 1 heterocycles. The topological polar surface area (TPSA) is 111 Å². The Kier molecular flexibility index (Phi) is 6.72. The number of rotatable bonds is 6.